The molecule has 2 heterocycles. The van der Waals surface area contributed by atoms with Gasteiger partial charge >= 0.3 is 0 Å². The van der Waals surface area contributed by atoms with Crippen molar-refractivity contribution >= 4 is 31.3 Å². The van der Waals surface area contributed by atoms with Gasteiger partial charge in [0.2, 0.25) is 0 Å². The lowest BCUT2D eigenvalue weighted by molar-refractivity contribution is 0.0809. The van der Waals surface area contributed by atoms with Crippen LogP contribution in [0.3, 0.4) is 0 Å². The summed E-state index contributed by atoms with van der Waals surface area (Å²) < 4.78 is 24.4. The second-order valence-electron chi connectivity index (χ2n) is 5.20. The van der Waals surface area contributed by atoms with E-state index >= 15 is 0 Å². The Hall–Kier alpha value is -1.42. The molecule has 3 rings (SSSR count). The first-order chi connectivity index (χ1) is 9.47. The molecule has 1 aliphatic rings. The van der Waals surface area contributed by atoms with Gasteiger partial charge < -0.3 is 5.11 Å². The molecule has 4 nitrogen and oxygen atoms in total. The number of hydrogen-bond acceptors (Lipinski definition) is 5. The van der Waals surface area contributed by atoms with Gasteiger partial charge in [0.1, 0.15) is 11.5 Å². The SMILES string of the molecule is N#CC1(C(O)c2csc3ccccc23)CCS(=O)(=O)C1. The number of benzene rings is 1. The lowest BCUT2D eigenvalue weighted by atomic mass is 9.80. The van der Waals surface area contributed by atoms with E-state index in [-0.39, 0.29) is 17.9 Å². The molecular formula is C14H13NO3S2. The highest BCUT2D eigenvalue weighted by molar-refractivity contribution is 7.91. The van der Waals surface area contributed by atoms with Crippen LogP contribution in [0.15, 0.2) is 29.6 Å². The summed E-state index contributed by atoms with van der Waals surface area (Å²) in [6, 6.07) is 9.68. The molecule has 0 aliphatic carbocycles. The molecule has 1 aromatic carbocycles. The molecule has 0 spiro atoms. The average Bonchev–Trinajstić information content (AvgIpc) is 2.99. The summed E-state index contributed by atoms with van der Waals surface area (Å²) in [5.41, 5.74) is -0.563. The number of nitrogens with zero attached hydrogens (tertiary/aromatic N) is 1. The van der Waals surface area contributed by atoms with E-state index in [0.29, 0.717) is 5.56 Å². The van der Waals surface area contributed by atoms with Gasteiger partial charge in [-0.3, -0.25) is 0 Å². The maximum Gasteiger partial charge on any atom is 0.152 e. The van der Waals surface area contributed by atoms with Gasteiger partial charge in [-0.25, -0.2) is 8.42 Å². The molecule has 1 fully saturated rings. The van der Waals surface area contributed by atoms with Crippen molar-refractivity contribution < 1.29 is 13.5 Å². The van der Waals surface area contributed by atoms with E-state index in [4.69, 9.17) is 0 Å². The molecule has 1 N–H and O–H groups in total. The van der Waals surface area contributed by atoms with Crippen LogP contribution in [-0.2, 0) is 9.84 Å². The summed E-state index contributed by atoms with van der Waals surface area (Å²) in [6.07, 6.45) is -0.877. The molecule has 2 atom stereocenters. The van der Waals surface area contributed by atoms with Gasteiger partial charge in [-0.05, 0) is 23.3 Å². The van der Waals surface area contributed by atoms with Crippen LogP contribution in [0, 0.1) is 16.7 Å². The molecule has 104 valence electrons. The fourth-order valence-corrected chi connectivity index (χ4v) is 5.70. The fourth-order valence-electron chi connectivity index (χ4n) is 2.75. The van der Waals surface area contributed by atoms with Crippen LogP contribution >= 0.6 is 11.3 Å². The van der Waals surface area contributed by atoms with Crippen molar-refractivity contribution in [2.24, 2.45) is 5.41 Å². The fraction of sp³-hybridized carbons (Fsp3) is 0.357. The minimum absolute atomic E-state index is 0.0281. The highest BCUT2D eigenvalue weighted by Crippen LogP contribution is 2.45. The van der Waals surface area contributed by atoms with E-state index in [1.165, 1.54) is 11.3 Å². The molecule has 2 unspecified atom stereocenters. The van der Waals surface area contributed by atoms with Gasteiger partial charge in [0.15, 0.2) is 9.84 Å². The highest BCUT2D eigenvalue weighted by Gasteiger charge is 2.49. The highest BCUT2D eigenvalue weighted by atomic mass is 32.2. The molecular weight excluding hydrogens is 294 g/mol. The lowest BCUT2D eigenvalue weighted by Crippen LogP contribution is -2.28. The maximum atomic E-state index is 11.7. The van der Waals surface area contributed by atoms with E-state index in [2.05, 4.69) is 6.07 Å². The smallest absolute Gasteiger partial charge is 0.152 e. The first-order valence-electron chi connectivity index (χ1n) is 6.23. The number of nitriles is 1. The van der Waals surface area contributed by atoms with Crippen LogP contribution in [-0.4, -0.2) is 25.0 Å². The molecule has 20 heavy (non-hydrogen) atoms. The third kappa shape index (κ3) is 2.03. The van der Waals surface area contributed by atoms with Crippen molar-refractivity contribution in [3.63, 3.8) is 0 Å². The molecule has 1 aliphatic heterocycles. The minimum atomic E-state index is -3.23. The molecule has 1 aromatic heterocycles. The molecule has 0 radical (unpaired) electrons. The Balaban J connectivity index is 2.08. The average molecular weight is 307 g/mol. The lowest BCUT2D eigenvalue weighted by Gasteiger charge is -2.25. The van der Waals surface area contributed by atoms with Crippen LogP contribution < -0.4 is 0 Å². The third-order valence-corrected chi connectivity index (χ3v) is 6.65. The summed E-state index contributed by atoms with van der Waals surface area (Å²) in [4.78, 5) is 0. The van der Waals surface area contributed by atoms with E-state index in [1.807, 2.05) is 29.6 Å². The number of hydrogen-bond donors (Lipinski definition) is 1. The molecule has 2 aromatic rings. The quantitative estimate of drug-likeness (QED) is 0.923. The van der Waals surface area contributed by atoms with E-state index < -0.39 is 21.4 Å². The van der Waals surface area contributed by atoms with Crippen molar-refractivity contribution in [3.05, 3.63) is 35.2 Å². The zero-order valence-corrected chi connectivity index (χ0v) is 12.2. The summed E-state index contributed by atoms with van der Waals surface area (Å²) in [6.45, 7) is 0. The predicted molar refractivity (Wildman–Crippen MR) is 78.1 cm³/mol. The molecule has 6 heteroatoms. The van der Waals surface area contributed by atoms with Gasteiger partial charge in [0.25, 0.3) is 0 Å². The Morgan fingerprint density at radius 3 is 2.80 bits per heavy atom. The maximum absolute atomic E-state index is 11.7. The number of fused-ring (bicyclic) bond motifs is 1. The zero-order valence-electron chi connectivity index (χ0n) is 10.6. The molecule has 0 bridgehead atoms. The minimum Gasteiger partial charge on any atom is -0.387 e. The summed E-state index contributed by atoms with van der Waals surface area (Å²) in [5.74, 6) is -0.290. The van der Waals surface area contributed by atoms with E-state index in [9.17, 15) is 18.8 Å². The molecule has 0 amide bonds. The van der Waals surface area contributed by atoms with Crippen LogP contribution in [0.2, 0.25) is 0 Å². The topological polar surface area (TPSA) is 78.2 Å². The Labute approximate surface area is 121 Å². The van der Waals surface area contributed by atoms with Crippen molar-refractivity contribution in [2.75, 3.05) is 11.5 Å². The van der Waals surface area contributed by atoms with Crippen LogP contribution in [0.25, 0.3) is 10.1 Å². The summed E-state index contributed by atoms with van der Waals surface area (Å²) >= 11 is 1.49. The Kier molecular flexibility index (Phi) is 3.09. The monoisotopic (exact) mass is 307 g/mol. The third-order valence-electron chi connectivity index (χ3n) is 3.89. The second-order valence-corrected chi connectivity index (χ2v) is 8.30. The predicted octanol–water partition coefficient (Wildman–Crippen LogP) is 2.26. The van der Waals surface area contributed by atoms with Crippen molar-refractivity contribution in [3.8, 4) is 6.07 Å². The number of thiophene rings is 1. The first-order valence-corrected chi connectivity index (χ1v) is 8.93. The van der Waals surface area contributed by atoms with Gasteiger partial charge in [-0.1, -0.05) is 18.2 Å². The van der Waals surface area contributed by atoms with Crippen LogP contribution in [0.4, 0.5) is 0 Å². The van der Waals surface area contributed by atoms with Crippen LogP contribution in [0.1, 0.15) is 18.1 Å². The van der Waals surface area contributed by atoms with Gasteiger partial charge in [0.05, 0.1) is 17.6 Å². The number of sulfone groups is 1. The number of rotatable bonds is 2. The van der Waals surface area contributed by atoms with Crippen molar-refractivity contribution in [2.45, 2.75) is 12.5 Å². The Morgan fingerprint density at radius 1 is 1.40 bits per heavy atom. The zero-order chi connectivity index (χ0) is 14.4. The number of aliphatic hydroxyl groups excluding tert-OH is 1. The van der Waals surface area contributed by atoms with E-state index in [1.54, 1.807) is 0 Å². The van der Waals surface area contributed by atoms with Crippen LogP contribution in [0.5, 0.6) is 0 Å². The summed E-state index contributed by atoms with van der Waals surface area (Å²) in [7, 11) is -3.23. The molecule has 0 saturated carbocycles. The number of aliphatic hydroxyl groups is 1. The molecule has 1 saturated heterocycles. The standard InChI is InChI=1S/C14H13NO3S2/c15-8-14(5-6-20(17,18)9-14)13(16)11-7-19-12-4-2-1-3-10(11)12/h1-4,7,13,16H,5-6,9H2. The van der Waals surface area contributed by atoms with Crippen molar-refractivity contribution in [1.29, 1.82) is 5.26 Å². The van der Waals surface area contributed by atoms with Gasteiger partial charge in [0, 0.05) is 10.3 Å². The Morgan fingerprint density at radius 2 is 2.15 bits per heavy atom. The second kappa shape index (κ2) is 4.55. The first kappa shape index (κ1) is 13.6. The largest absolute Gasteiger partial charge is 0.387 e. The van der Waals surface area contributed by atoms with Crippen molar-refractivity contribution in [1.82, 2.24) is 0 Å². The van der Waals surface area contributed by atoms with Gasteiger partial charge in [-0.2, -0.15) is 5.26 Å². The van der Waals surface area contributed by atoms with Gasteiger partial charge in [-0.15, -0.1) is 11.3 Å². The Bertz CT molecular complexity index is 803. The summed E-state index contributed by atoms with van der Waals surface area (Å²) in [5, 5.41) is 22.7. The normalized spacial score (nSPS) is 26.4. The van der Waals surface area contributed by atoms with E-state index in [0.717, 1.165) is 10.1 Å².